The van der Waals surface area contributed by atoms with Crippen molar-refractivity contribution in [1.29, 1.82) is 0 Å². The molecule has 3 aromatic rings. The Morgan fingerprint density at radius 1 is 1.23 bits per heavy atom. The van der Waals surface area contributed by atoms with Crippen LogP contribution in [-0.2, 0) is 4.79 Å². The number of aryl methyl sites for hydroxylation is 1. The van der Waals surface area contributed by atoms with E-state index in [2.05, 4.69) is 27.2 Å². The van der Waals surface area contributed by atoms with E-state index in [1.807, 2.05) is 13.8 Å². The lowest BCUT2D eigenvalue weighted by Crippen LogP contribution is -2.31. The maximum absolute atomic E-state index is 13.8. The van der Waals surface area contributed by atoms with Gasteiger partial charge in [-0.15, -0.1) is 0 Å². The smallest absolute Gasteiger partial charge is 0.228 e. The number of pyridine rings is 1. The van der Waals surface area contributed by atoms with Crippen molar-refractivity contribution in [3.8, 4) is 5.75 Å². The van der Waals surface area contributed by atoms with Crippen molar-refractivity contribution in [3.05, 3.63) is 54.4 Å². The first-order valence-corrected chi connectivity index (χ1v) is 10.7. The molecule has 1 N–H and O–H groups in total. The summed E-state index contributed by atoms with van der Waals surface area (Å²) < 4.78 is 20.0. The van der Waals surface area contributed by atoms with Gasteiger partial charge in [-0.3, -0.25) is 14.8 Å². The van der Waals surface area contributed by atoms with Gasteiger partial charge in [0.15, 0.2) is 5.82 Å². The molecule has 2 aromatic heterocycles. The monoisotopic (exact) mass is 422 g/mol. The van der Waals surface area contributed by atoms with E-state index in [0.29, 0.717) is 28.4 Å². The predicted octanol–water partition coefficient (Wildman–Crippen LogP) is 4.93. The fraction of sp³-hybridized carbons (Fsp3) is 0.417. The SMILES string of the molecule is CCC(C(=O)Nc1cnc(C)cn1)C1CC(Oc2ccnc3ccc(F)cc23)CC1C. The van der Waals surface area contributed by atoms with Crippen LogP contribution in [0.2, 0.25) is 0 Å². The van der Waals surface area contributed by atoms with E-state index in [0.717, 1.165) is 25.0 Å². The van der Waals surface area contributed by atoms with Crippen LogP contribution >= 0.6 is 0 Å². The van der Waals surface area contributed by atoms with Crippen LogP contribution in [-0.4, -0.2) is 27.0 Å². The van der Waals surface area contributed by atoms with Crippen LogP contribution in [0.25, 0.3) is 10.9 Å². The summed E-state index contributed by atoms with van der Waals surface area (Å²) in [6, 6.07) is 6.29. The number of hydrogen-bond acceptors (Lipinski definition) is 5. The molecular weight excluding hydrogens is 395 g/mol. The van der Waals surface area contributed by atoms with Gasteiger partial charge in [-0.05, 0) is 62.3 Å². The van der Waals surface area contributed by atoms with Crippen molar-refractivity contribution < 1.29 is 13.9 Å². The van der Waals surface area contributed by atoms with Crippen molar-refractivity contribution in [2.45, 2.75) is 46.1 Å². The quantitative estimate of drug-likeness (QED) is 0.609. The van der Waals surface area contributed by atoms with Crippen molar-refractivity contribution >= 4 is 22.6 Å². The van der Waals surface area contributed by atoms with Crippen molar-refractivity contribution in [2.24, 2.45) is 17.8 Å². The van der Waals surface area contributed by atoms with Crippen LogP contribution < -0.4 is 10.1 Å². The van der Waals surface area contributed by atoms with Gasteiger partial charge in [-0.1, -0.05) is 13.8 Å². The molecule has 1 aliphatic rings. The van der Waals surface area contributed by atoms with Gasteiger partial charge in [0.1, 0.15) is 11.6 Å². The van der Waals surface area contributed by atoms with Gasteiger partial charge < -0.3 is 10.1 Å². The lowest BCUT2D eigenvalue weighted by Gasteiger charge is -2.24. The highest BCUT2D eigenvalue weighted by atomic mass is 19.1. The number of anilines is 1. The molecule has 31 heavy (non-hydrogen) atoms. The highest BCUT2D eigenvalue weighted by Gasteiger charge is 2.40. The van der Waals surface area contributed by atoms with Gasteiger partial charge in [0.2, 0.25) is 5.91 Å². The number of carbonyl (C=O) groups excluding carboxylic acids is 1. The van der Waals surface area contributed by atoms with Crippen molar-refractivity contribution in [1.82, 2.24) is 15.0 Å². The first-order chi connectivity index (χ1) is 14.9. The number of rotatable bonds is 6. The number of benzene rings is 1. The van der Waals surface area contributed by atoms with Gasteiger partial charge in [0, 0.05) is 17.5 Å². The molecule has 1 saturated carbocycles. The maximum Gasteiger partial charge on any atom is 0.228 e. The number of fused-ring (bicyclic) bond motifs is 1. The molecule has 6 nitrogen and oxygen atoms in total. The number of amides is 1. The Bertz CT molecular complexity index is 1070. The number of halogens is 1. The molecule has 1 fully saturated rings. The molecule has 0 radical (unpaired) electrons. The largest absolute Gasteiger partial charge is 0.490 e. The molecule has 1 aromatic carbocycles. The summed E-state index contributed by atoms with van der Waals surface area (Å²) in [5.74, 6) is 1.14. The van der Waals surface area contributed by atoms with E-state index >= 15 is 0 Å². The van der Waals surface area contributed by atoms with Crippen LogP contribution in [0.1, 0.15) is 38.8 Å². The average Bonchev–Trinajstić information content (AvgIpc) is 3.10. The zero-order valence-electron chi connectivity index (χ0n) is 18.0. The van der Waals surface area contributed by atoms with Crippen LogP contribution in [0.15, 0.2) is 42.9 Å². The molecule has 0 saturated heterocycles. The minimum atomic E-state index is -0.315. The van der Waals surface area contributed by atoms with Gasteiger partial charge >= 0.3 is 0 Å². The number of ether oxygens (including phenoxy) is 1. The lowest BCUT2D eigenvalue weighted by atomic mass is 9.82. The van der Waals surface area contributed by atoms with Gasteiger partial charge in [-0.2, -0.15) is 0 Å². The van der Waals surface area contributed by atoms with E-state index in [-0.39, 0.29) is 29.7 Å². The molecule has 0 aliphatic heterocycles. The molecule has 7 heteroatoms. The first kappa shape index (κ1) is 21.2. The third kappa shape index (κ3) is 4.65. The molecule has 1 amide bonds. The lowest BCUT2D eigenvalue weighted by molar-refractivity contribution is -0.122. The molecule has 2 heterocycles. The maximum atomic E-state index is 13.8. The van der Waals surface area contributed by atoms with E-state index in [1.54, 1.807) is 30.7 Å². The molecule has 0 spiro atoms. The third-order valence-corrected chi connectivity index (χ3v) is 6.18. The van der Waals surface area contributed by atoms with Crippen LogP contribution in [0.4, 0.5) is 10.2 Å². The Morgan fingerprint density at radius 3 is 2.81 bits per heavy atom. The normalized spacial score (nSPS) is 21.7. The zero-order chi connectivity index (χ0) is 22.0. The number of hydrogen-bond donors (Lipinski definition) is 1. The second kappa shape index (κ2) is 8.96. The minimum Gasteiger partial charge on any atom is -0.490 e. The molecule has 0 bridgehead atoms. The molecule has 162 valence electrons. The predicted molar refractivity (Wildman–Crippen MR) is 117 cm³/mol. The summed E-state index contributed by atoms with van der Waals surface area (Å²) in [4.78, 5) is 25.7. The Morgan fingerprint density at radius 2 is 2.06 bits per heavy atom. The van der Waals surface area contributed by atoms with E-state index in [9.17, 15) is 9.18 Å². The second-order valence-corrected chi connectivity index (χ2v) is 8.37. The zero-order valence-corrected chi connectivity index (χ0v) is 18.0. The number of nitrogens with zero attached hydrogens (tertiary/aromatic N) is 3. The summed E-state index contributed by atoms with van der Waals surface area (Å²) >= 11 is 0. The van der Waals surface area contributed by atoms with Crippen LogP contribution in [0.3, 0.4) is 0 Å². The second-order valence-electron chi connectivity index (χ2n) is 8.37. The third-order valence-electron chi connectivity index (χ3n) is 6.18. The van der Waals surface area contributed by atoms with E-state index < -0.39 is 0 Å². The Labute approximate surface area is 181 Å². The Hall–Kier alpha value is -3.09. The summed E-state index contributed by atoms with van der Waals surface area (Å²) in [5.41, 5.74) is 1.50. The fourth-order valence-corrected chi connectivity index (χ4v) is 4.61. The topological polar surface area (TPSA) is 77.0 Å². The highest BCUT2D eigenvalue weighted by molar-refractivity contribution is 5.91. The summed E-state index contributed by atoms with van der Waals surface area (Å²) in [5, 5.41) is 3.58. The van der Waals surface area contributed by atoms with E-state index in [1.165, 1.54) is 12.1 Å². The number of nitrogens with one attached hydrogen (secondary N) is 1. The Kier molecular flexibility index (Phi) is 6.11. The van der Waals surface area contributed by atoms with Gasteiger partial charge in [0.25, 0.3) is 0 Å². The minimum absolute atomic E-state index is 0.0325. The fourth-order valence-electron chi connectivity index (χ4n) is 4.61. The van der Waals surface area contributed by atoms with E-state index in [4.69, 9.17) is 4.74 Å². The van der Waals surface area contributed by atoms with Gasteiger partial charge in [0.05, 0.1) is 29.7 Å². The standard InChI is InChI=1S/C24H27FN4O2/c1-4-18(24(30)29-23-13-27-15(3)12-28-23)19-11-17(9-14(19)2)31-22-7-8-26-21-6-5-16(25)10-20(21)22/h5-8,10,12-14,17-19H,4,9,11H2,1-3H3,(H,28,29,30). The van der Waals surface area contributed by atoms with Crippen LogP contribution in [0.5, 0.6) is 5.75 Å². The van der Waals surface area contributed by atoms with Gasteiger partial charge in [-0.25, -0.2) is 9.37 Å². The van der Waals surface area contributed by atoms with Crippen LogP contribution in [0, 0.1) is 30.5 Å². The first-order valence-electron chi connectivity index (χ1n) is 10.7. The molecular formula is C24H27FN4O2. The number of aromatic nitrogens is 3. The summed E-state index contributed by atoms with van der Waals surface area (Å²) in [7, 11) is 0. The molecule has 4 unspecified atom stereocenters. The average molecular weight is 423 g/mol. The van der Waals surface area contributed by atoms with Crippen molar-refractivity contribution in [2.75, 3.05) is 5.32 Å². The summed E-state index contributed by atoms with van der Waals surface area (Å²) in [6.07, 6.45) is 7.21. The highest BCUT2D eigenvalue weighted by Crippen LogP contribution is 2.41. The Balaban J connectivity index is 1.47. The number of carbonyl (C=O) groups is 1. The molecule has 4 rings (SSSR count). The summed E-state index contributed by atoms with van der Waals surface area (Å²) in [6.45, 7) is 6.05. The van der Waals surface area contributed by atoms with Crippen molar-refractivity contribution in [3.63, 3.8) is 0 Å². The molecule has 1 aliphatic carbocycles. The molecule has 4 atom stereocenters.